The standard InChI is InChI=1S/C26H34N4O2/c1-2-28-15-17-29(18-16-28)20-23-8-4-3-7-22(23)19-27-26(32)21-10-12-24(13-11-21)30-14-6-5-9-25(30)31/h3-4,7-8,10-13H,2,5-6,9,14-20H2,1H3,(H,27,32). The van der Waals surface area contributed by atoms with Gasteiger partial charge < -0.3 is 15.1 Å². The molecule has 0 unspecified atom stereocenters. The molecular formula is C26H34N4O2. The van der Waals surface area contributed by atoms with Crippen LogP contribution < -0.4 is 10.2 Å². The van der Waals surface area contributed by atoms with Crippen LogP contribution in [0.4, 0.5) is 5.69 Å². The van der Waals surface area contributed by atoms with Crippen LogP contribution in [-0.4, -0.2) is 60.9 Å². The largest absolute Gasteiger partial charge is 0.348 e. The summed E-state index contributed by atoms with van der Waals surface area (Å²) >= 11 is 0. The molecule has 2 heterocycles. The Kier molecular flexibility index (Phi) is 7.55. The highest BCUT2D eigenvalue weighted by Gasteiger charge is 2.20. The Hall–Kier alpha value is -2.70. The fourth-order valence-electron chi connectivity index (χ4n) is 4.54. The van der Waals surface area contributed by atoms with Crippen molar-refractivity contribution in [2.45, 2.75) is 39.3 Å². The van der Waals surface area contributed by atoms with Gasteiger partial charge in [0, 0.05) is 63.5 Å². The van der Waals surface area contributed by atoms with Crippen LogP contribution in [0.1, 0.15) is 47.7 Å². The lowest BCUT2D eigenvalue weighted by Gasteiger charge is -2.34. The van der Waals surface area contributed by atoms with Gasteiger partial charge in [-0.2, -0.15) is 0 Å². The highest BCUT2D eigenvalue weighted by Crippen LogP contribution is 2.21. The first-order valence-corrected chi connectivity index (χ1v) is 11.8. The van der Waals surface area contributed by atoms with Gasteiger partial charge in [-0.15, -0.1) is 0 Å². The van der Waals surface area contributed by atoms with Gasteiger partial charge in [0.1, 0.15) is 0 Å². The van der Waals surface area contributed by atoms with Crippen molar-refractivity contribution < 1.29 is 9.59 Å². The van der Waals surface area contributed by atoms with Gasteiger partial charge in [0.15, 0.2) is 0 Å². The van der Waals surface area contributed by atoms with Gasteiger partial charge in [-0.3, -0.25) is 14.5 Å². The summed E-state index contributed by atoms with van der Waals surface area (Å²) in [5, 5.41) is 3.07. The van der Waals surface area contributed by atoms with Crippen molar-refractivity contribution in [1.82, 2.24) is 15.1 Å². The maximum Gasteiger partial charge on any atom is 0.251 e. The molecule has 0 atom stereocenters. The van der Waals surface area contributed by atoms with Gasteiger partial charge in [-0.05, 0) is 54.8 Å². The van der Waals surface area contributed by atoms with E-state index in [1.54, 1.807) is 0 Å². The number of piperazine rings is 1. The van der Waals surface area contributed by atoms with E-state index in [4.69, 9.17) is 0 Å². The average molecular weight is 435 g/mol. The zero-order valence-corrected chi connectivity index (χ0v) is 19.1. The van der Waals surface area contributed by atoms with Crippen LogP contribution in [0.2, 0.25) is 0 Å². The van der Waals surface area contributed by atoms with E-state index in [1.165, 1.54) is 5.56 Å². The molecule has 170 valence electrons. The van der Waals surface area contributed by atoms with Crippen LogP contribution in [0, 0.1) is 0 Å². The monoisotopic (exact) mass is 434 g/mol. The van der Waals surface area contributed by atoms with Crippen LogP contribution in [0.5, 0.6) is 0 Å². The van der Waals surface area contributed by atoms with Crippen LogP contribution in [0.25, 0.3) is 0 Å². The van der Waals surface area contributed by atoms with E-state index >= 15 is 0 Å². The van der Waals surface area contributed by atoms with Gasteiger partial charge in [-0.25, -0.2) is 0 Å². The molecule has 0 spiro atoms. The number of nitrogens with zero attached hydrogens (tertiary/aromatic N) is 3. The smallest absolute Gasteiger partial charge is 0.251 e. The van der Waals surface area contributed by atoms with E-state index in [2.05, 4.69) is 40.2 Å². The van der Waals surface area contributed by atoms with E-state index in [0.717, 1.165) is 69.9 Å². The Morgan fingerprint density at radius 2 is 1.56 bits per heavy atom. The molecule has 2 aliphatic rings. The molecule has 0 radical (unpaired) electrons. The number of likely N-dealkylation sites (N-methyl/N-ethyl adjacent to an activating group) is 1. The molecule has 0 saturated carbocycles. The van der Waals surface area contributed by atoms with Crippen LogP contribution in [0.15, 0.2) is 48.5 Å². The molecule has 2 aliphatic heterocycles. The number of carbonyl (C=O) groups excluding carboxylic acids is 2. The van der Waals surface area contributed by atoms with Crippen molar-refractivity contribution in [2.24, 2.45) is 0 Å². The topological polar surface area (TPSA) is 55.9 Å². The number of benzene rings is 2. The summed E-state index contributed by atoms with van der Waals surface area (Å²) in [6.07, 6.45) is 2.60. The lowest BCUT2D eigenvalue weighted by molar-refractivity contribution is -0.119. The van der Waals surface area contributed by atoms with E-state index in [0.29, 0.717) is 18.5 Å². The predicted molar refractivity (Wildman–Crippen MR) is 128 cm³/mol. The second-order valence-corrected chi connectivity index (χ2v) is 8.71. The molecule has 6 heteroatoms. The number of rotatable bonds is 7. The molecule has 1 N–H and O–H groups in total. The predicted octanol–water partition coefficient (Wildman–Crippen LogP) is 3.27. The molecule has 2 saturated heterocycles. The van der Waals surface area contributed by atoms with Crippen LogP contribution >= 0.6 is 0 Å². The van der Waals surface area contributed by atoms with Crippen LogP contribution in [0.3, 0.4) is 0 Å². The maximum atomic E-state index is 12.7. The third-order valence-corrected chi connectivity index (χ3v) is 6.63. The second kappa shape index (κ2) is 10.7. The first-order valence-electron chi connectivity index (χ1n) is 11.8. The van der Waals surface area contributed by atoms with Crippen molar-refractivity contribution in [3.63, 3.8) is 0 Å². The van der Waals surface area contributed by atoms with E-state index in [1.807, 2.05) is 35.2 Å². The normalized spacial score (nSPS) is 18.0. The SMILES string of the molecule is CCN1CCN(Cc2ccccc2CNC(=O)c2ccc(N3CCCCC3=O)cc2)CC1. The molecule has 2 fully saturated rings. The van der Waals surface area contributed by atoms with Crippen molar-refractivity contribution in [3.8, 4) is 0 Å². The minimum atomic E-state index is -0.0899. The molecule has 0 aliphatic carbocycles. The number of piperidine rings is 1. The Bertz CT molecular complexity index is 920. The van der Waals surface area contributed by atoms with E-state index < -0.39 is 0 Å². The maximum absolute atomic E-state index is 12.7. The average Bonchev–Trinajstić information content (AvgIpc) is 2.84. The summed E-state index contributed by atoms with van der Waals surface area (Å²) in [5.41, 5.74) is 3.93. The van der Waals surface area contributed by atoms with Gasteiger partial charge in [-0.1, -0.05) is 31.2 Å². The molecular weight excluding hydrogens is 400 g/mol. The molecule has 2 amide bonds. The number of amides is 2. The van der Waals surface area contributed by atoms with Gasteiger partial charge >= 0.3 is 0 Å². The van der Waals surface area contributed by atoms with Crippen molar-refractivity contribution >= 4 is 17.5 Å². The third-order valence-electron chi connectivity index (χ3n) is 6.63. The summed E-state index contributed by atoms with van der Waals surface area (Å²) in [7, 11) is 0. The third kappa shape index (κ3) is 5.56. The second-order valence-electron chi connectivity index (χ2n) is 8.71. The summed E-state index contributed by atoms with van der Waals surface area (Å²) < 4.78 is 0. The van der Waals surface area contributed by atoms with Gasteiger partial charge in [0.25, 0.3) is 5.91 Å². The summed E-state index contributed by atoms with van der Waals surface area (Å²) in [6.45, 7) is 9.93. The zero-order chi connectivity index (χ0) is 22.3. The fraction of sp³-hybridized carbons (Fsp3) is 0.462. The number of hydrogen-bond donors (Lipinski definition) is 1. The molecule has 0 aromatic heterocycles. The molecule has 2 aromatic carbocycles. The number of hydrogen-bond acceptors (Lipinski definition) is 4. The Labute approximate surface area is 191 Å². The summed E-state index contributed by atoms with van der Waals surface area (Å²) in [5.74, 6) is 0.0778. The minimum absolute atomic E-state index is 0.0899. The lowest BCUT2D eigenvalue weighted by atomic mass is 10.1. The van der Waals surface area contributed by atoms with Crippen molar-refractivity contribution in [1.29, 1.82) is 0 Å². The van der Waals surface area contributed by atoms with Gasteiger partial charge in [0.05, 0.1) is 0 Å². The number of nitrogens with one attached hydrogen (secondary N) is 1. The Morgan fingerprint density at radius 1 is 0.875 bits per heavy atom. The van der Waals surface area contributed by atoms with Crippen LogP contribution in [-0.2, 0) is 17.9 Å². The Morgan fingerprint density at radius 3 is 2.25 bits per heavy atom. The highest BCUT2D eigenvalue weighted by molar-refractivity contribution is 5.96. The van der Waals surface area contributed by atoms with Crippen molar-refractivity contribution in [3.05, 3.63) is 65.2 Å². The van der Waals surface area contributed by atoms with E-state index in [9.17, 15) is 9.59 Å². The van der Waals surface area contributed by atoms with E-state index in [-0.39, 0.29) is 11.8 Å². The zero-order valence-electron chi connectivity index (χ0n) is 19.1. The first-order chi connectivity index (χ1) is 15.6. The van der Waals surface area contributed by atoms with Crippen molar-refractivity contribution in [2.75, 3.05) is 44.2 Å². The lowest BCUT2D eigenvalue weighted by Crippen LogP contribution is -2.45. The molecule has 2 aromatic rings. The quantitative estimate of drug-likeness (QED) is 0.727. The molecule has 6 nitrogen and oxygen atoms in total. The summed E-state index contributed by atoms with van der Waals surface area (Å²) in [6, 6.07) is 15.7. The minimum Gasteiger partial charge on any atom is -0.348 e. The molecule has 32 heavy (non-hydrogen) atoms. The summed E-state index contributed by atoms with van der Waals surface area (Å²) in [4.78, 5) is 31.6. The van der Waals surface area contributed by atoms with Gasteiger partial charge in [0.2, 0.25) is 5.91 Å². The Balaban J connectivity index is 1.33. The first kappa shape index (κ1) is 22.5. The number of carbonyl (C=O) groups is 2. The number of anilines is 1. The molecule has 0 bridgehead atoms. The fourth-order valence-corrected chi connectivity index (χ4v) is 4.54. The highest BCUT2D eigenvalue weighted by atomic mass is 16.2. The molecule has 4 rings (SSSR count).